The van der Waals surface area contributed by atoms with Gasteiger partial charge in [-0.05, 0) is 6.92 Å². The maximum atomic E-state index is 11.0. The summed E-state index contributed by atoms with van der Waals surface area (Å²) in [5.74, 6) is -0.235. The van der Waals surface area contributed by atoms with E-state index in [1.165, 1.54) is 7.11 Å². The lowest BCUT2D eigenvalue weighted by atomic mass is 10.1. The molecule has 1 aliphatic heterocycles. The molecule has 56 valence electrons. The van der Waals surface area contributed by atoms with E-state index in [4.69, 9.17) is 0 Å². The first-order chi connectivity index (χ1) is 4.69. The third-order valence-corrected chi connectivity index (χ3v) is 1.65. The van der Waals surface area contributed by atoms with Crippen LogP contribution in [0.15, 0.2) is 12.2 Å². The van der Waals surface area contributed by atoms with E-state index in [9.17, 15) is 4.79 Å². The van der Waals surface area contributed by atoms with Crippen molar-refractivity contribution in [2.24, 2.45) is 0 Å². The lowest BCUT2D eigenvalue weighted by molar-refractivity contribution is -0.145. The Kier molecular flexibility index (Phi) is 1.76. The lowest BCUT2D eigenvalue weighted by Crippen LogP contribution is -2.45. The SMILES string of the molecule is COC(=O)[C@@]1(C)C=CCN1. The zero-order valence-electron chi connectivity index (χ0n) is 6.18. The Morgan fingerprint density at radius 1 is 1.80 bits per heavy atom. The van der Waals surface area contributed by atoms with Gasteiger partial charge in [0, 0.05) is 6.54 Å². The first-order valence-corrected chi connectivity index (χ1v) is 3.20. The van der Waals surface area contributed by atoms with Crippen LogP contribution in [-0.2, 0) is 9.53 Å². The third-order valence-electron chi connectivity index (χ3n) is 1.65. The molecule has 1 rings (SSSR count). The molecule has 0 saturated carbocycles. The van der Waals surface area contributed by atoms with Gasteiger partial charge in [-0.3, -0.25) is 5.32 Å². The largest absolute Gasteiger partial charge is 0.467 e. The minimum Gasteiger partial charge on any atom is -0.467 e. The normalized spacial score (nSPS) is 30.6. The molecule has 0 spiro atoms. The lowest BCUT2D eigenvalue weighted by Gasteiger charge is -2.18. The molecule has 10 heavy (non-hydrogen) atoms. The number of esters is 1. The molecule has 3 nitrogen and oxygen atoms in total. The van der Waals surface area contributed by atoms with Crippen LogP contribution in [0.5, 0.6) is 0 Å². The highest BCUT2D eigenvalue weighted by molar-refractivity contribution is 5.83. The summed E-state index contributed by atoms with van der Waals surface area (Å²) in [4.78, 5) is 11.0. The van der Waals surface area contributed by atoms with Crippen LogP contribution in [0.1, 0.15) is 6.92 Å². The number of nitrogens with one attached hydrogen (secondary N) is 1. The van der Waals surface area contributed by atoms with E-state index in [0.717, 1.165) is 6.54 Å². The minimum absolute atomic E-state index is 0.235. The molecule has 0 aromatic carbocycles. The van der Waals surface area contributed by atoms with Crippen molar-refractivity contribution in [3.05, 3.63) is 12.2 Å². The van der Waals surface area contributed by atoms with Crippen molar-refractivity contribution in [1.29, 1.82) is 0 Å². The molecule has 0 fully saturated rings. The van der Waals surface area contributed by atoms with Crippen LogP contribution in [0, 0.1) is 0 Å². The van der Waals surface area contributed by atoms with Crippen LogP contribution >= 0.6 is 0 Å². The molecule has 1 N–H and O–H groups in total. The second-order valence-electron chi connectivity index (χ2n) is 2.48. The van der Waals surface area contributed by atoms with E-state index in [1.807, 2.05) is 12.2 Å². The average molecular weight is 141 g/mol. The molecule has 0 aromatic heterocycles. The summed E-state index contributed by atoms with van der Waals surface area (Å²) >= 11 is 0. The zero-order valence-corrected chi connectivity index (χ0v) is 6.18. The Bertz CT molecular complexity index is 176. The van der Waals surface area contributed by atoms with Crippen molar-refractivity contribution in [1.82, 2.24) is 5.32 Å². The van der Waals surface area contributed by atoms with Gasteiger partial charge < -0.3 is 4.74 Å². The van der Waals surface area contributed by atoms with Crippen LogP contribution in [-0.4, -0.2) is 25.2 Å². The molecular weight excluding hydrogens is 130 g/mol. The second kappa shape index (κ2) is 2.42. The van der Waals surface area contributed by atoms with Crippen molar-refractivity contribution >= 4 is 5.97 Å². The highest BCUT2D eigenvalue weighted by Crippen LogP contribution is 2.11. The highest BCUT2D eigenvalue weighted by Gasteiger charge is 2.32. The van der Waals surface area contributed by atoms with Gasteiger partial charge in [0.1, 0.15) is 5.54 Å². The van der Waals surface area contributed by atoms with Crippen molar-refractivity contribution in [3.8, 4) is 0 Å². The summed E-state index contributed by atoms with van der Waals surface area (Å²) in [5, 5.41) is 3.00. The Morgan fingerprint density at radius 2 is 2.50 bits per heavy atom. The topological polar surface area (TPSA) is 38.3 Å². The van der Waals surface area contributed by atoms with Gasteiger partial charge >= 0.3 is 5.97 Å². The van der Waals surface area contributed by atoms with Gasteiger partial charge in [-0.15, -0.1) is 0 Å². The van der Waals surface area contributed by atoms with Crippen LogP contribution in [0.25, 0.3) is 0 Å². The molecule has 1 heterocycles. The summed E-state index contributed by atoms with van der Waals surface area (Å²) in [6, 6.07) is 0. The Morgan fingerprint density at radius 3 is 2.90 bits per heavy atom. The van der Waals surface area contributed by atoms with E-state index in [-0.39, 0.29) is 5.97 Å². The Labute approximate surface area is 60.1 Å². The van der Waals surface area contributed by atoms with Gasteiger partial charge in [0.05, 0.1) is 7.11 Å². The van der Waals surface area contributed by atoms with E-state index in [2.05, 4.69) is 10.1 Å². The monoisotopic (exact) mass is 141 g/mol. The number of hydrogen-bond donors (Lipinski definition) is 1. The van der Waals surface area contributed by atoms with Crippen LogP contribution in [0.4, 0.5) is 0 Å². The van der Waals surface area contributed by atoms with Crippen molar-refractivity contribution in [2.75, 3.05) is 13.7 Å². The molecule has 0 unspecified atom stereocenters. The first-order valence-electron chi connectivity index (χ1n) is 3.20. The maximum absolute atomic E-state index is 11.0. The Balaban J connectivity index is 2.68. The molecule has 3 heteroatoms. The second-order valence-corrected chi connectivity index (χ2v) is 2.48. The van der Waals surface area contributed by atoms with Gasteiger partial charge in [0.25, 0.3) is 0 Å². The molecule has 1 aliphatic rings. The van der Waals surface area contributed by atoms with E-state index < -0.39 is 5.54 Å². The highest BCUT2D eigenvalue weighted by atomic mass is 16.5. The van der Waals surface area contributed by atoms with Crippen LogP contribution < -0.4 is 5.32 Å². The van der Waals surface area contributed by atoms with Crippen LogP contribution in [0.2, 0.25) is 0 Å². The third kappa shape index (κ3) is 1.04. The summed E-state index contributed by atoms with van der Waals surface area (Å²) < 4.78 is 4.58. The fourth-order valence-corrected chi connectivity index (χ4v) is 0.977. The molecule has 0 aromatic rings. The number of hydrogen-bond acceptors (Lipinski definition) is 3. The van der Waals surface area contributed by atoms with Crippen molar-refractivity contribution < 1.29 is 9.53 Å². The molecular formula is C7H11NO2. The summed E-state index contributed by atoms with van der Waals surface area (Å²) in [6.45, 7) is 2.54. The molecule has 0 radical (unpaired) electrons. The Hall–Kier alpha value is -0.830. The zero-order chi connectivity index (χ0) is 7.61. The quantitative estimate of drug-likeness (QED) is 0.415. The minimum atomic E-state index is -0.589. The standard InChI is InChI=1S/C7H11NO2/c1-7(6(9)10-2)4-3-5-8-7/h3-4,8H,5H2,1-2H3/t7-/m1/s1. The number of carbonyl (C=O) groups is 1. The first kappa shape index (κ1) is 7.28. The van der Waals surface area contributed by atoms with Gasteiger partial charge in [0.15, 0.2) is 0 Å². The van der Waals surface area contributed by atoms with E-state index in [0.29, 0.717) is 0 Å². The molecule has 0 aliphatic carbocycles. The maximum Gasteiger partial charge on any atom is 0.329 e. The summed E-state index contributed by atoms with van der Waals surface area (Å²) in [6.07, 6.45) is 3.73. The fraction of sp³-hybridized carbons (Fsp3) is 0.571. The van der Waals surface area contributed by atoms with Gasteiger partial charge in [0.2, 0.25) is 0 Å². The molecule has 0 amide bonds. The fourth-order valence-electron chi connectivity index (χ4n) is 0.977. The van der Waals surface area contributed by atoms with E-state index >= 15 is 0 Å². The van der Waals surface area contributed by atoms with E-state index in [1.54, 1.807) is 6.92 Å². The number of methoxy groups -OCH3 is 1. The predicted molar refractivity (Wildman–Crippen MR) is 37.6 cm³/mol. The molecule has 1 atom stereocenters. The van der Waals surface area contributed by atoms with Crippen molar-refractivity contribution in [3.63, 3.8) is 0 Å². The molecule has 0 saturated heterocycles. The summed E-state index contributed by atoms with van der Waals surface area (Å²) in [5.41, 5.74) is -0.589. The number of ether oxygens (including phenoxy) is 1. The number of rotatable bonds is 1. The average Bonchev–Trinajstić information content (AvgIpc) is 2.36. The summed E-state index contributed by atoms with van der Waals surface area (Å²) in [7, 11) is 1.39. The van der Waals surface area contributed by atoms with Gasteiger partial charge in [-0.2, -0.15) is 0 Å². The number of carbonyl (C=O) groups excluding carboxylic acids is 1. The van der Waals surface area contributed by atoms with Crippen molar-refractivity contribution in [2.45, 2.75) is 12.5 Å². The smallest absolute Gasteiger partial charge is 0.329 e. The van der Waals surface area contributed by atoms with Crippen LogP contribution in [0.3, 0.4) is 0 Å². The molecule has 0 bridgehead atoms. The predicted octanol–water partition coefficient (Wildman–Crippen LogP) is 0.0775. The van der Waals surface area contributed by atoms with Gasteiger partial charge in [-0.25, -0.2) is 4.79 Å². The van der Waals surface area contributed by atoms with Gasteiger partial charge in [-0.1, -0.05) is 12.2 Å².